The van der Waals surface area contributed by atoms with E-state index in [1.54, 1.807) is 84.5 Å². The summed E-state index contributed by atoms with van der Waals surface area (Å²) >= 11 is 3.11. The van der Waals surface area contributed by atoms with Crippen molar-refractivity contribution in [1.29, 1.82) is 0 Å². The van der Waals surface area contributed by atoms with Gasteiger partial charge >= 0.3 is 0 Å². The van der Waals surface area contributed by atoms with Crippen molar-refractivity contribution < 1.29 is 28.7 Å². The van der Waals surface area contributed by atoms with Gasteiger partial charge in [0.05, 0.1) is 49.5 Å². The number of ether oxygens (including phenoxy) is 2. The van der Waals surface area contributed by atoms with Gasteiger partial charge in [0.25, 0.3) is 0 Å². The van der Waals surface area contributed by atoms with E-state index in [0.29, 0.717) is 36.5 Å². The molecule has 0 bridgehead atoms. The number of thioether (sulfide) groups is 2. The summed E-state index contributed by atoms with van der Waals surface area (Å²) in [6.07, 6.45) is 1.68. The van der Waals surface area contributed by atoms with Gasteiger partial charge in [-0.3, -0.25) is 19.2 Å². The molecule has 2 aromatic rings. The summed E-state index contributed by atoms with van der Waals surface area (Å²) in [5, 5.41) is 37.5. The highest BCUT2D eigenvalue weighted by molar-refractivity contribution is 8.00. The van der Waals surface area contributed by atoms with E-state index in [2.05, 4.69) is 118 Å². The summed E-state index contributed by atoms with van der Waals surface area (Å²) in [6.45, 7) is 21.2. The van der Waals surface area contributed by atoms with Crippen LogP contribution in [0.1, 0.15) is 94.9 Å². The van der Waals surface area contributed by atoms with Crippen LogP contribution in [0.4, 0.5) is 0 Å². The molecule has 2 aromatic heterocycles. The second-order valence-electron chi connectivity index (χ2n) is 18.0. The normalized spacial score (nSPS) is 19.4. The first-order valence-electron chi connectivity index (χ1n) is 21.9. The SMILES string of the molecule is CN[C@@H](C)C(=O)N[C@H](C(=O)N1CCC[C@H]1Cn1nnnc1SC(C)(C)C)[C@@H](C)OCC#CC#CCO[C@@H](C)[C@@H](NC(=O)[C@H](C)NC)C(=O)N1CCC[C@@H]1Cn1nnnc1SC(C)(C)C. The number of nitrogens with zero attached hydrogens (tertiary/aromatic N) is 10. The average molecular weight is 929 g/mol. The van der Waals surface area contributed by atoms with E-state index in [0.717, 1.165) is 25.7 Å². The number of hydrogen-bond donors (Lipinski definition) is 4. The maximum absolute atomic E-state index is 14.2. The molecular weight excluding hydrogens is 861 g/mol. The summed E-state index contributed by atoms with van der Waals surface area (Å²) in [5.74, 6) is 10.0. The molecule has 4 amide bonds. The highest BCUT2D eigenvalue weighted by atomic mass is 32.2. The van der Waals surface area contributed by atoms with Crippen LogP contribution in [0.3, 0.4) is 0 Å². The Hall–Kier alpha value is -4.32. The third-order valence-corrected chi connectivity index (χ3v) is 12.9. The Bertz CT molecular complexity index is 1860. The van der Waals surface area contributed by atoms with Gasteiger partial charge in [0, 0.05) is 22.6 Å². The largest absolute Gasteiger partial charge is 0.363 e. The second-order valence-corrected chi connectivity index (χ2v) is 21.6. The van der Waals surface area contributed by atoms with Crippen LogP contribution in [0.2, 0.25) is 0 Å². The molecule has 0 spiro atoms. The van der Waals surface area contributed by atoms with Crippen molar-refractivity contribution in [2.75, 3.05) is 40.4 Å². The molecule has 4 rings (SSSR count). The third-order valence-electron chi connectivity index (χ3n) is 10.7. The van der Waals surface area contributed by atoms with E-state index < -0.39 is 36.4 Å². The van der Waals surface area contributed by atoms with Crippen LogP contribution < -0.4 is 21.3 Å². The van der Waals surface area contributed by atoms with Crippen LogP contribution in [0.5, 0.6) is 0 Å². The van der Waals surface area contributed by atoms with Crippen molar-refractivity contribution in [1.82, 2.24) is 71.5 Å². The summed E-state index contributed by atoms with van der Waals surface area (Å²) in [6, 6.07) is -3.37. The standard InChI is InChI=1S/C42H68N14O6S2/c1-27(43-11)35(57)45-33(37(59)53-21-17-19-31(53)25-55-39(47-49-51-55)63-41(5,6)7)29(3)61-23-15-13-14-16-24-62-30(4)34(46-36(58)28(2)44-12)38(60)54-22-18-20-32(54)26-56-40(48-50-52-56)64-42(8,9)10/h27-34,43-44H,17-26H2,1-12H3,(H,45,57)(H,46,58)/t27-,28-,29-,30+,31+,32-,33+,34-/m0/s1. The zero-order chi connectivity index (χ0) is 47.2. The lowest BCUT2D eigenvalue weighted by molar-refractivity contribution is -0.142. The molecule has 0 radical (unpaired) electrons. The van der Waals surface area contributed by atoms with E-state index in [-0.39, 0.29) is 58.4 Å². The first kappa shape index (κ1) is 52.3. The van der Waals surface area contributed by atoms with Gasteiger partial charge in [0.1, 0.15) is 25.3 Å². The van der Waals surface area contributed by atoms with E-state index in [1.165, 1.54) is 0 Å². The van der Waals surface area contributed by atoms with Crippen LogP contribution in [-0.2, 0) is 41.7 Å². The molecule has 0 aliphatic carbocycles. The molecule has 22 heteroatoms. The molecule has 0 unspecified atom stereocenters. The molecule has 4 N–H and O–H groups in total. The summed E-state index contributed by atoms with van der Waals surface area (Å²) in [4.78, 5) is 58.0. The number of rotatable bonds is 20. The fraction of sp³-hybridized carbons (Fsp3) is 0.762. The third kappa shape index (κ3) is 15.7. The molecule has 20 nitrogen and oxygen atoms in total. The molecule has 64 heavy (non-hydrogen) atoms. The van der Waals surface area contributed by atoms with E-state index in [4.69, 9.17) is 9.47 Å². The van der Waals surface area contributed by atoms with Crippen molar-refractivity contribution in [3.05, 3.63) is 0 Å². The number of nitrogens with one attached hydrogen (secondary N) is 4. The fourth-order valence-electron chi connectivity index (χ4n) is 6.98. The number of likely N-dealkylation sites (tertiary alicyclic amines) is 2. The molecule has 8 atom stereocenters. The summed E-state index contributed by atoms with van der Waals surface area (Å²) in [7, 11) is 3.35. The summed E-state index contributed by atoms with van der Waals surface area (Å²) in [5.41, 5.74) is 0. The molecule has 2 saturated heterocycles. The van der Waals surface area contributed by atoms with Crippen LogP contribution in [0.15, 0.2) is 10.3 Å². The minimum absolute atomic E-state index is 0.0555. The van der Waals surface area contributed by atoms with E-state index >= 15 is 0 Å². The number of carbonyl (C=O) groups is 4. The van der Waals surface area contributed by atoms with E-state index in [9.17, 15) is 19.2 Å². The lowest BCUT2D eigenvalue weighted by Crippen LogP contribution is -2.58. The van der Waals surface area contributed by atoms with Crippen LogP contribution in [0, 0.1) is 23.7 Å². The van der Waals surface area contributed by atoms with Gasteiger partial charge in [-0.05, 0) is 100 Å². The molecule has 354 valence electrons. The molecule has 0 saturated carbocycles. The topological polar surface area (TPSA) is 229 Å². The number of carbonyl (C=O) groups excluding carboxylic acids is 4. The van der Waals surface area contributed by atoms with Gasteiger partial charge in [0.15, 0.2) is 0 Å². The molecule has 2 aliphatic heterocycles. The fourth-order valence-corrected chi connectivity index (χ4v) is 8.66. The Balaban J connectivity index is 1.37. The zero-order valence-corrected chi connectivity index (χ0v) is 41.1. The number of tetrazole rings is 2. The first-order valence-corrected chi connectivity index (χ1v) is 23.5. The predicted octanol–water partition coefficient (Wildman–Crippen LogP) is 1.13. The van der Waals surface area contributed by atoms with Gasteiger partial charge in [-0.15, -0.1) is 10.2 Å². The number of likely N-dealkylation sites (N-methyl/N-ethyl adjacent to an activating group) is 2. The number of amides is 4. The highest BCUT2D eigenvalue weighted by Crippen LogP contribution is 2.32. The predicted molar refractivity (Wildman–Crippen MR) is 244 cm³/mol. The first-order chi connectivity index (χ1) is 30.2. The maximum Gasteiger partial charge on any atom is 0.248 e. The molecule has 0 aromatic carbocycles. The maximum atomic E-state index is 14.2. The Morgan fingerprint density at radius 2 is 1.05 bits per heavy atom. The Labute approximate surface area is 386 Å². The number of aromatic nitrogens is 8. The Kier molecular flexibility index (Phi) is 19.8. The van der Waals surface area contributed by atoms with Gasteiger partial charge in [0.2, 0.25) is 33.9 Å². The minimum Gasteiger partial charge on any atom is -0.363 e. The van der Waals surface area contributed by atoms with Gasteiger partial charge in [-0.2, -0.15) is 0 Å². The van der Waals surface area contributed by atoms with Crippen LogP contribution in [-0.4, -0.2) is 172 Å². The van der Waals surface area contributed by atoms with Crippen molar-refractivity contribution in [2.45, 2.75) is 176 Å². The zero-order valence-electron chi connectivity index (χ0n) is 39.4. The van der Waals surface area contributed by atoms with Crippen molar-refractivity contribution in [2.24, 2.45) is 0 Å². The van der Waals surface area contributed by atoms with Crippen LogP contribution >= 0.6 is 23.5 Å². The Morgan fingerprint density at radius 1 is 0.672 bits per heavy atom. The van der Waals surface area contributed by atoms with Gasteiger partial charge in [-0.1, -0.05) is 76.9 Å². The minimum atomic E-state index is -0.975. The van der Waals surface area contributed by atoms with Crippen molar-refractivity contribution in [3.63, 3.8) is 0 Å². The van der Waals surface area contributed by atoms with Crippen molar-refractivity contribution in [3.8, 4) is 23.7 Å². The monoisotopic (exact) mass is 928 g/mol. The number of hydrogen-bond acceptors (Lipinski definition) is 16. The lowest BCUT2D eigenvalue weighted by atomic mass is 10.1. The van der Waals surface area contributed by atoms with Crippen molar-refractivity contribution >= 4 is 47.2 Å². The lowest BCUT2D eigenvalue weighted by Gasteiger charge is -2.32. The second kappa shape index (κ2) is 24.3. The van der Waals surface area contributed by atoms with E-state index in [1.807, 2.05) is 0 Å². The smallest absolute Gasteiger partial charge is 0.248 e. The summed E-state index contributed by atoms with van der Waals surface area (Å²) < 4.78 is 15.3. The molecule has 4 heterocycles. The van der Waals surface area contributed by atoms with Gasteiger partial charge < -0.3 is 40.5 Å². The van der Waals surface area contributed by atoms with Crippen LogP contribution in [0.25, 0.3) is 0 Å². The van der Waals surface area contributed by atoms with Gasteiger partial charge in [-0.25, -0.2) is 9.36 Å². The highest BCUT2D eigenvalue weighted by Gasteiger charge is 2.40. The quantitative estimate of drug-likeness (QED) is 0.108. The molecular formula is C42H68N14O6S2. The Morgan fingerprint density at radius 3 is 1.39 bits per heavy atom. The molecule has 2 fully saturated rings. The molecule has 2 aliphatic rings. The average Bonchev–Trinajstić information content (AvgIpc) is 4.07.